The number of nitrogens with zero attached hydrogens (tertiary/aromatic N) is 2. The van der Waals surface area contributed by atoms with Crippen molar-refractivity contribution in [1.82, 2.24) is 4.57 Å². The predicted molar refractivity (Wildman–Crippen MR) is 258 cm³/mol. The number of hydrogen-bond donors (Lipinski definition) is 0. The summed E-state index contributed by atoms with van der Waals surface area (Å²) >= 11 is 0. The zero-order valence-electron chi connectivity index (χ0n) is 33.5. The van der Waals surface area contributed by atoms with E-state index in [4.69, 9.17) is 8.83 Å². The van der Waals surface area contributed by atoms with Crippen molar-refractivity contribution in [3.63, 3.8) is 0 Å². The Hall–Kier alpha value is -8.34. The average molecular weight is 793 g/mol. The highest BCUT2D eigenvalue weighted by molar-refractivity contribution is 6.17. The van der Waals surface area contributed by atoms with Crippen LogP contribution >= 0.6 is 0 Å². The molecule has 3 heterocycles. The van der Waals surface area contributed by atoms with Gasteiger partial charge in [0.25, 0.3) is 0 Å². The topological polar surface area (TPSA) is 34.5 Å². The lowest BCUT2D eigenvalue weighted by molar-refractivity contribution is 0.667. The van der Waals surface area contributed by atoms with Gasteiger partial charge in [0.2, 0.25) is 0 Å². The van der Waals surface area contributed by atoms with E-state index in [-0.39, 0.29) is 0 Å². The molecule has 4 heteroatoms. The van der Waals surface area contributed by atoms with E-state index in [1.165, 1.54) is 32.6 Å². The van der Waals surface area contributed by atoms with Crippen LogP contribution in [0.4, 0.5) is 17.1 Å². The molecule has 0 aliphatic rings. The van der Waals surface area contributed by atoms with E-state index in [9.17, 15) is 0 Å². The summed E-state index contributed by atoms with van der Waals surface area (Å²) in [5.41, 5.74) is 14.3. The fourth-order valence-corrected chi connectivity index (χ4v) is 9.78. The zero-order valence-corrected chi connectivity index (χ0v) is 33.5. The summed E-state index contributed by atoms with van der Waals surface area (Å²) in [6.45, 7) is 0. The van der Waals surface area contributed by atoms with E-state index in [1.807, 2.05) is 18.2 Å². The number of rotatable bonds is 6. The highest BCUT2D eigenvalue weighted by Crippen LogP contribution is 2.48. The van der Waals surface area contributed by atoms with Crippen molar-refractivity contribution < 1.29 is 8.83 Å². The first-order chi connectivity index (χ1) is 30.7. The van der Waals surface area contributed by atoms with Gasteiger partial charge in [0.05, 0.1) is 22.4 Å². The molecule has 0 fully saturated rings. The third-order valence-corrected chi connectivity index (χ3v) is 12.6. The van der Waals surface area contributed by atoms with Crippen LogP contribution in [0.15, 0.2) is 227 Å². The number of hydrogen-bond acceptors (Lipinski definition) is 3. The van der Waals surface area contributed by atoms with Crippen molar-refractivity contribution in [2.75, 3.05) is 4.90 Å². The van der Waals surface area contributed by atoms with E-state index >= 15 is 0 Å². The van der Waals surface area contributed by atoms with Crippen molar-refractivity contribution in [1.29, 1.82) is 0 Å². The molecule has 13 aromatic rings. The standard InChI is InChI=1S/C58H36N2O2/c1-2-16-40(17-3-1)60-52-25-9-6-19-46(52)50-24-13-23-45(57(50)60)39-34-51-48-21-8-11-27-55(48)62-58(51)53(35-39)59(42-32-33-49-47-20-7-10-26-54(47)61-56(49)36-42)41-30-28-38(29-31-41)44-22-12-15-37-14-4-5-18-43(37)44/h1-36H. The van der Waals surface area contributed by atoms with Crippen LogP contribution in [0.5, 0.6) is 0 Å². The number of anilines is 3. The van der Waals surface area contributed by atoms with E-state index in [0.29, 0.717) is 0 Å². The Balaban J connectivity index is 1.10. The summed E-state index contributed by atoms with van der Waals surface area (Å²) in [4.78, 5) is 2.33. The highest BCUT2D eigenvalue weighted by atomic mass is 16.3. The van der Waals surface area contributed by atoms with Crippen molar-refractivity contribution in [3.05, 3.63) is 218 Å². The van der Waals surface area contributed by atoms with Crippen LogP contribution in [0, 0.1) is 0 Å². The molecule has 0 amide bonds. The molecule has 0 bridgehead atoms. The van der Waals surface area contributed by atoms with Crippen LogP contribution in [0.25, 0.3) is 104 Å². The Kier molecular flexibility index (Phi) is 7.57. The fraction of sp³-hybridized carbons (Fsp3) is 0. The van der Waals surface area contributed by atoms with Crippen molar-refractivity contribution in [2.45, 2.75) is 0 Å². The van der Waals surface area contributed by atoms with Gasteiger partial charge in [-0.2, -0.15) is 0 Å². The largest absolute Gasteiger partial charge is 0.456 e. The van der Waals surface area contributed by atoms with Gasteiger partial charge < -0.3 is 18.3 Å². The lowest BCUT2D eigenvalue weighted by atomic mass is 9.97. The molecule has 0 unspecified atom stereocenters. The third kappa shape index (κ3) is 5.27. The molecule has 0 radical (unpaired) electrons. The second-order valence-electron chi connectivity index (χ2n) is 16.0. The molecule has 0 aliphatic carbocycles. The first kappa shape index (κ1) is 34.5. The summed E-state index contributed by atoms with van der Waals surface area (Å²) in [5, 5.41) is 9.18. The summed E-state index contributed by atoms with van der Waals surface area (Å²) in [7, 11) is 0. The normalized spacial score (nSPS) is 11.9. The lowest BCUT2D eigenvalue weighted by Crippen LogP contribution is -2.10. The van der Waals surface area contributed by atoms with Crippen LogP contribution < -0.4 is 4.90 Å². The van der Waals surface area contributed by atoms with E-state index in [0.717, 1.165) is 88.8 Å². The summed E-state index contributed by atoms with van der Waals surface area (Å²) in [6.07, 6.45) is 0. The highest BCUT2D eigenvalue weighted by Gasteiger charge is 2.24. The number of aromatic nitrogens is 1. The second-order valence-corrected chi connectivity index (χ2v) is 16.0. The summed E-state index contributed by atoms with van der Waals surface area (Å²) in [6, 6.07) is 78.0. The Morgan fingerprint density at radius 3 is 1.81 bits per heavy atom. The smallest absolute Gasteiger partial charge is 0.159 e. The van der Waals surface area contributed by atoms with Gasteiger partial charge in [-0.1, -0.05) is 146 Å². The van der Waals surface area contributed by atoms with Crippen LogP contribution in [-0.4, -0.2) is 4.57 Å². The average Bonchev–Trinajstić information content (AvgIpc) is 4.01. The Bertz CT molecular complexity index is 3870. The van der Waals surface area contributed by atoms with Gasteiger partial charge in [-0.15, -0.1) is 0 Å². The maximum absolute atomic E-state index is 6.93. The molecule has 0 aliphatic heterocycles. The third-order valence-electron chi connectivity index (χ3n) is 12.6. The van der Waals surface area contributed by atoms with Gasteiger partial charge in [-0.05, 0) is 94.2 Å². The molecule has 0 atom stereocenters. The maximum atomic E-state index is 6.93. The maximum Gasteiger partial charge on any atom is 0.159 e. The quantitative estimate of drug-likeness (QED) is 0.168. The van der Waals surface area contributed by atoms with Gasteiger partial charge in [0, 0.05) is 55.3 Å². The van der Waals surface area contributed by atoms with Crippen molar-refractivity contribution >= 4 is 93.5 Å². The van der Waals surface area contributed by atoms with E-state index < -0.39 is 0 Å². The van der Waals surface area contributed by atoms with E-state index in [2.05, 4.69) is 210 Å². The minimum Gasteiger partial charge on any atom is -0.456 e. The second kappa shape index (κ2) is 13.6. The van der Waals surface area contributed by atoms with Crippen LogP contribution in [0.3, 0.4) is 0 Å². The summed E-state index contributed by atoms with van der Waals surface area (Å²) in [5.74, 6) is 0. The first-order valence-corrected chi connectivity index (χ1v) is 21.1. The monoisotopic (exact) mass is 792 g/mol. The molecule has 62 heavy (non-hydrogen) atoms. The van der Waals surface area contributed by atoms with Gasteiger partial charge >= 0.3 is 0 Å². The molecule has 0 N–H and O–H groups in total. The molecule has 4 nitrogen and oxygen atoms in total. The SMILES string of the molecule is c1ccc(-n2c3ccccc3c3cccc(-c4cc(N(c5ccc(-c6cccc7ccccc67)cc5)c5ccc6c(c5)oc5ccccc56)c5oc6ccccc6c5c4)c32)cc1. The number of furan rings is 2. The molecule has 0 saturated carbocycles. The molecule has 3 aromatic heterocycles. The van der Waals surface area contributed by atoms with Gasteiger partial charge in [-0.3, -0.25) is 0 Å². The fourth-order valence-electron chi connectivity index (χ4n) is 9.78. The van der Waals surface area contributed by atoms with Crippen molar-refractivity contribution in [2.24, 2.45) is 0 Å². The molecular weight excluding hydrogens is 757 g/mol. The zero-order chi connectivity index (χ0) is 40.7. The van der Waals surface area contributed by atoms with Gasteiger partial charge in [0.1, 0.15) is 16.7 Å². The molecule has 0 saturated heterocycles. The predicted octanol–water partition coefficient (Wildman–Crippen LogP) is 16.5. The molecule has 10 aromatic carbocycles. The molecular formula is C58H36N2O2. The number of para-hydroxylation sites is 5. The summed E-state index contributed by atoms with van der Waals surface area (Å²) < 4.78 is 15.9. The van der Waals surface area contributed by atoms with Crippen LogP contribution in [0.1, 0.15) is 0 Å². The Morgan fingerprint density at radius 1 is 0.355 bits per heavy atom. The number of fused-ring (bicyclic) bond motifs is 10. The Morgan fingerprint density at radius 2 is 0.968 bits per heavy atom. The van der Waals surface area contributed by atoms with Gasteiger partial charge in [-0.25, -0.2) is 0 Å². The van der Waals surface area contributed by atoms with Crippen molar-refractivity contribution in [3.8, 4) is 27.9 Å². The molecule has 13 rings (SSSR count). The van der Waals surface area contributed by atoms with Crippen LogP contribution in [-0.2, 0) is 0 Å². The van der Waals surface area contributed by atoms with Crippen LogP contribution in [0.2, 0.25) is 0 Å². The Labute approximate surface area is 356 Å². The molecule has 290 valence electrons. The number of benzene rings is 10. The van der Waals surface area contributed by atoms with E-state index in [1.54, 1.807) is 0 Å². The lowest BCUT2D eigenvalue weighted by Gasteiger charge is -2.26. The minimum atomic E-state index is 0.813. The minimum absolute atomic E-state index is 0.813. The first-order valence-electron chi connectivity index (χ1n) is 21.1. The molecule has 0 spiro atoms. The van der Waals surface area contributed by atoms with Gasteiger partial charge in [0.15, 0.2) is 5.58 Å².